The lowest BCUT2D eigenvalue weighted by Crippen LogP contribution is -2.30. The molecule has 0 saturated carbocycles. The number of hydrogen-bond donors (Lipinski definition) is 1. The molecule has 1 N–H and O–H groups in total. The van der Waals surface area contributed by atoms with Crippen LogP contribution in [-0.2, 0) is 36.8 Å². The number of hydrogen-bond acceptors (Lipinski definition) is 6. The van der Waals surface area contributed by atoms with E-state index in [0.717, 1.165) is 28.2 Å². The Kier molecular flexibility index (Phi) is 8.21. The molecule has 0 aliphatic carbocycles. The summed E-state index contributed by atoms with van der Waals surface area (Å²) in [6.45, 7) is 3.29. The Hall–Kier alpha value is -2.87. The van der Waals surface area contributed by atoms with Gasteiger partial charge in [-0.2, -0.15) is 0 Å². The van der Waals surface area contributed by atoms with E-state index in [1.165, 1.54) is 26.4 Å². The zero-order chi connectivity index (χ0) is 21.4. The average Bonchev–Trinajstić information content (AvgIpc) is 3.06. The van der Waals surface area contributed by atoms with Gasteiger partial charge in [0.2, 0.25) is 0 Å². The summed E-state index contributed by atoms with van der Waals surface area (Å²) in [7, 11) is 4.11. The molecule has 0 spiro atoms. The van der Waals surface area contributed by atoms with Crippen LogP contribution in [0.4, 0.5) is 4.39 Å². The van der Waals surface area contributed by atoms with Crippen molar-refractivity contribution in [1.29, 1.82) is 0 Å². The number of aryl methyl sites for hydroxylation is 1. The molecule has 7 nitrogen and oxygen atoms in total. The van der Waals surface area contributed by atoms with Crippen molar-refractivity contribution in [2.24, 2.45) is 0 Å². The minimum Gasteiger partial charge on any atom is -0.466 e. The molecule has 29 heavy (non-hydrogen) atoms. The van der Waals surface area contributed by atoms with Crippen LogP contribution >= 0.6 is 0 Å². The van der Waals surface area contributed by atoms with Crippen LogP contribution in [0, 0.1) is 5.82 Å². The molecule has 0 aliphatic heterocycles. The van der Waals surface area contributed by atoms with Crippen LogP contribution in [0.1, 0.15) is 24.6 Å². The zero-order valence-electron chi connectivity index (χ0n) is 17.2. The summed E-state index contributed by atoms with van der Waals surface area (Å²) < 4.78 is 28.4. The highest BCUT2D eigenvalue weighted by Gasteiger charge is 2.19. The first kappa shape index (κ1) is 22.4. The van der Waals surface area contributed by atoms with Crippen LogP contribution in [0.25, 0.3) is 10.9 Å². The number of likely N-dealkylation sites (N-methyl/N-ethyl adjacent to an activating group) is 1. The van der Waals surface area contributed by atoms with Gasteiger partial charge in [0, 0.05) is 42.4 Å². The van der Waals surface area contributed by atoms with Crippen LogP contribution in [0.5, 0.6) is 0 Å². The number of fused-ring (bicyclic) bond motifs is 1. The minimum atomic E-state index is -0.621. The van der Waals surface area contributed by atoms with Crippen LogP contribution in [0.2, 0.25) is 0 Å². The molecule has 0 saturated heterocycles. The molecule has 1 aromatic carbocycles. The monoisotopic (exact) mass is 406 g/mol. The van der Waals surface area contributed by atoms with Crippen molar-refractivity contribution in [2.75, 3.05) is 34.4 Å². The van der Waals surface area contributed by atoms with Crippen molar-refractivity contribution < 1.29 is 28.2 Å². The molecule has 2 rings (SSSR count). The number of aromatic nitrogens is 1. The quantitative estimate of drug-likeness (QED) is 0.483. The van der Waals surface area contributed by atoms with Gasteiger partial charge in [0.15, 0.2) is 0 Å². The maximum Gasteiger partial charge on any atom is 0.354 e. The Morgan fingerprint density at radius 1 is 1.21 bits per heavy atom. The molecule has 0 aliphatic rings. The molecule has 1 aromatic heterocycles. The van der Waals surface area contributed by atoms with Gasteiger partial charge in [-0.15, -0.1) is 0 Å². The normalized spacial score (nSPS) is 11.6. The number of rotatable bonds is 10. The van der Waals surface area contributed by atoms with E-state index in [1.54, 1.807) is 18.1 Å². The Bertz CT molecular complexity index is 891. The van der Waals surface area contributed by atoms with Crippen LogP contribution < -0.4 is 0 Å². The van der Waals surface area contributed by atoms with Gasteiger partial charge in [-0.1, -0.05) is 0 Å². The lowest BCUT2D eigenvalue weighted by atomic mass is 10.1. The molecule has 2 aromatic rings. The van der Waals surface area contributed by atoms with Gasteiger partial charge < -0.3 is 24.1 Å². The second kappa shape index (κ2) is 10.6. The van der Waals surface area contributed by atoms with Crippen molar-refractivity contribution in [3.8, 4) is 0 Å². The average molecular weight is 406 g/mol. The first-order valence-corrected chi connectivity index (χ1v) is 9.35. The summed E-state index contributed by atoms with van der Waals surface area (Å²) in [5, 5.41) is 0.801. The Morgan fingerprint density at radius 2 is 1.97 bits per heavy atom. The molecule has 0 amide bonds. The molecule has 0 bridgehead atoms. The molecule has 158 valence electrons. The highest BCUT2D eigenvalue weighted by atomic mass is 19.1. The second-order valence-electron chi connectivity index (χ2n) is 6.43. The van der Waals surface area contributed by atoms with Crippen molar-refractivity contribution in [3.05, 3.63) is 47.0 Å². The van der Waals surface area contributed by atoms with Crippen molar-refractivity contribution >= 4 is 22.8 Å². The van der Waals surface area contributed by atoms with Crippen molar-refractivity contribution in [3.63, 3.8) is 0 Å². The van der Waals surface area contributed by atoms with Crippen LogP contribution in [-0.4, -0.2) is 56.2 Å². The third-order valence-corrected chi connectivity index (χ3v) is 4.67. The topological polar surface area (TPSA) is 80.9 Å². The fraction of sp³-hybridized carbons (Fsp3) is 0.429. The third-order valence-electron chi connectivity index (χ3n) is 4.67. The first-order valence-electron chi connectivity index (χ1n) is 9.35. The molecule has 1 heterocycles. The number of benzene rings is 1. The zero-order valence-corrected chi connectivity index (χ0v) is 17.2. The number of ether oxygens (including phenoxy) is 3. The number of carbonyl (C=O) groups is 2. The van der Waals surface area contributed by atoms with E-state index in [9.17, 15) is 14.0 Å². The summed E-state index contributed by atoms with van der Waals surface area (Å²) in [4.78, 5) is 28.8. The van der Waals surface area contributed by atoms with E-state index in [2.05, 4.69) is 9.72 Å². The lowest BCUT2D eigenvalue weighted by molar-refractivity contribution is -0.140. The molecular formula is C21H27FN2O5. The van der Waals surface area contributed by atoms with Gasteiger partial charge in [-0.3, -0.25) is 0 Å². The first-order chi connectivity index (χ1) is 13.9. The maximum atomic E-state index is 13.7. The largest absolute Gasteiger partial charge is 0.466 e. The van der Waals surface area contributed by atoms with E-state index >= 15 is 0 Å². The molecule has 0 unspecified atom stereocenters. The summed E-state index contributed by atoms with van der Waals surface area (Å²) in [5.41, 5.74) is 2.88. The van der Waals surface area contributed by atoms with Gasteiger partial charge in [0.1, 0.15) is 11.5 Å². The third kappa shape index (κ3) is 5.57. The summed E-state index contributed by atoms with van der Waals surface area (Å²) in [5.74, 6) is -1.52. The van der Waals surface area contributed by atoms with E-state index in [-0.39, 0.29) is 11.5 Å². The van der Waals surface area contributed by atoms with Crippen molar-refractivity contribution in [2.45, 2.75) is 26.4 Å². The van der Waals surface area contributed by atoms with E-state index in [4.69, 9.17) is 9.47 Å². The minimum absolute atomic E-state index is 0.151. The molecule has 0 atom stereocenters. The number of esters is 2. The van der Waals surface area contributed by atoms with E-state index in [0.29, 0.717) is 32.5 Å². The highest BCUT2D eigenvalue weighted by molar-refractivity contribution is 5.95. The van der Waals surface area contributed by atoms with E-state index < -0.39 is 11.9 Å². The van der Waals surface area contributed by atoms with Gasteiger partial charge in [0.05, 0.1) is 26.9 Å². The van der Waals surface area contributed by atoms with Crippen LogP contribution in [0.3, 0.4) is 0 Å². The molecule has 0 radical (unpaired) electrons. The van der Waals surface area contributed by atoms with Crippen LogP contribution in [0.15, 0.2) is 30.0 Å². The summed E-state index contributed by atoms with van der Waals surface area (Å²) in [6.07, 6.45) is 2.49. The number of methoxy groups -OCH3 is 3. The number of halogens is 1. The molecule has 0 fully saturated rings. The van der Waals surface area contributed by atoms with Gasteiger partial charge in [-0.25, -0.2) is 14.0 Å². The van der Waals surface area contributed by atoms with Gasteiger partial charge >= 0.3 is 11.9 Å². The lowest BCUT2D eigenvalue weighted by Gasteiger charge is -2.24. The fourth-order valence-electron chi connectivity index (χ4n) is 3.25. The van der Waals surface area contributed by atoms with Gasteiger partial charge in [-0.05, 0) is 38.0 Å². The summed E-state index contributed by atoms with van der Waals surface area (Å²) in [6, 6.07) is 4.62. The standard InChI is InChI=1S/C21H27FN2O5/c1-5-24(19(21(26)29-4)12-20(25)28-3)10-6-7-17-16(13-27-2)15-11-14(22)8-9-18(15)23-17/h8-9,11-12,23H,5-7,10,13H2,1-4H3/b19-12+. The molecular weight excluding hydrogens is 379 g/mol. The van der Waals surface area contributed by atoms with Crippen molar-refractivity contribution in [1.82, 2.24) is 9.88 Å². The Morgan fingerprint density at radius 3 is 2.59 bits per heavy atom. The number of aromatic amines is 1. The second-order valence-corrected chi connectivity index (χ2v) is 6.43. The number of nitrogens with zero attached hydrogens (tertiary/aromatic N) is 1. The predicted octanol–water partition coefficient (Wildman–Crippen LogP) is 2.94. The maximum absolute atomic E-state index is 13.7. The van der Waals surface area contributed by atoms with Gasteiger partial charge in [0.25, 0.3) is 0 Å². The summed E-state index contributed by atoms with van der Waals surface area (Å²) >= 11 is 0. The number of nitrogens with one attached hydrogen (secondary N) is 1. The highest BCUT2D eigenvalue weighted by Crippen LogP contribution is 2.25. The molecule has 8 heteroatoms. The van der Waals surface area contributed by atoms with E-state index in [1.807, 2.05) is 6.92 Å². The Balaban J connectivity index is 2.18. The smallest absolute Gasteiger partial charge is 0.354 e. The number of H-pyrrole nitrogens is 1. The fourth-order valence-corrected chi connectivity index (χ4v) is 3.25. The predicted molar refractivity (Wildman–Crippen MR) is 107 cm³/mol. The number of carbonyl (C=O) groups excluding carboxylic acids is 2. The Labute approximate surface area is 169 Å². The SMILES string of the molecule is CCN(CCCc1[nH]c2ccc(F)cc2c1COC)/C(=C/C(=O)OC)C(=O)OC.